The molecule has 0 aliphatic carbocycles. The smallest absolute Gasteiger partial charge is 0.239 e. The molecule has 0 saturated carbocycles. The van der Waals surface area contributed by atoms with Crippen molar-refractivity contribution in [3.63, 3.8) is 0 Å². The molecule has 1 amide bonds. The van der Waals surface area contributed by atoms with E-state index < -0.39 is 0 Å². The lowest BCUT2D eigenvalue weighted by atomic mass is 10.0. The standard InChI is InChI=1S/C17H19BrN4O/c1-11(13-3-2-8-19-10-13)20-17(23)16-9-15(21-22-16)12-4-6-14(18)7-5-12/h2-8,10-11,15-16,21-22H,9H2,1H3,(H,20,23). The van der Waals surface area contributed by atoms with Crippen LogP contribution in [0.1, 0.15) is 36.6 Å². The predicted molar refractivity (Wildman–Crippen MR) is 92.4 cm³/mol. The van der Waals surface area contributed by atoms with Gasteiger partial charge in [-0.15, -0.1) is 0 Å². The fourth-order valence-electron chi connectivity index (χ4n) is 2.67. The second kappa shape index (κ2) is 7.21. The zero-order chi connectivity index (χ0) is 16.2. The quantitative estimate of drug-likeness (QED) is 0.769. The van der Waals surface area contributed by atoms with E-state index >= 15 is 0 Å². The number of benzene rings is 1. The number of carbonyl (C=O) groups is 1. The molecular weight excluding hydrogens is 356 g/mol. The summed E-state index contributed by atoms with van der Waals surface area (Å²) in [4.78, 5) is 16.5. The minimum absolute atomic E-state index is 0.00605. The van der Waals surface area contributed by atoms with Crippen molar-refractivity contribution in [1.82, 2.24) is 21.2 Å². The molecule has 6 heteroatoms. The topological polar surface area (TPSA) is 66.1 Å². The predicted octanol–water partition coefficient (Wildman–Crippen LogP) is 2.63. The molecule has 1 aliphatic rings. The van der Waals surface area contributed by atoms with E-state index in [2.05, 4.69) is 49.2 Å². The molecule has 23 heavy (non-hydrogen) atoms. The lowest BCUT2D eigenvalue weighted by molar-refractivity contribution is -0.123. The molecule has 3 N–H and O–H groups in total. The maximum atomic E-state index is 12.4. The Morgan fingerprint density at radius 3 is 2.78 bits per heavy atom. The third-order valence-corrected chi connectivity index (χ3v) is 4.56. The molecule has 3 atom stereocenters. The fraction of sp³-hybridized carbons (Fsp3) is 0.294. The van der Waals surface area contributed by atoms with Gasteiger partial charge in [0.2, 0.25) is 5.91 Å². The number of nitrogens with zero attached hydrogens (tertiary/aromatic N) is 1. The molecule has 3 unspecified atom stereocenters. The van der Waals surface area contributed by atoms with Crippen molar-refractivity contribution in [3.05, 3.63) is 64.4 Å². The summed E-state index contributed by atoms with van der Waals surface area (Å²) < 4.78 is 1.05. The van der Waals surface area contributed by atoms with Crippen LogP contribution >= 0.6 is 15.9 Å². The van der Waals surface area contributed by atoms with Crippen LogP contribution in [-0.4, -0.2) is 16.9 Å². The summed E-state index contributed by atoms with van der Waals surface area (Å²) in [7, 11) is 0. The monoisotopic (exact) mass is 374 g/mol. The average molecular weight is 375 g/mol. The van der Waals surface area contributed by atoms with Crippen molar-refractivity contribution >= 4 is 21.8 Å². The molecule has 2 heterocycles. The van der Waals surface area contributed by atoms with Gasteiger partial charge in [-0.1, -0.05) is 34.1 Å². The summed E-state index contributed by atoms with van der Waals surface area (Å²) in [6.45, 7) is 1.96. The SMILES string of the molecule is CC(NC(=O)C1CC(c2ccc(Br)cc2)NN1)c1cccnc1. The number of hydrogen-bond acceptors (Lipinski definition) is 4. The number of aromatic nitrogens is 1. The summed E-state index contributed by atoms with van der Waals surface area (Å²) in [5.74, 6) is -0.00605. The van der Waals surface area contributed by atoms with E-state index in [1.54, 1.807) is 12.4 Å². The van der Waals surface area contributed by atoms with Gasteiger partial charge in [-0.25, -0.2) is 10.9 Å². The molecular formula is C17H19BrN4O. The second-order valence-corrected chi connectivity index (χ2v) is 6.61. The Balaban J connectivity index is 1.58. The normalized spacial score (nSPS) is 21.8. The van der Waals surface area contributed by atoms with Gasteiger partial charge in [0.05, 0.1) is 6.04 Å². The highest BCUT2D eigenvalue weighted by atomic mass is 79.9. The number of carbonyl (C=O) groups excluding carboxylic acids is 1. The average Bonchev–Trinajstić information content (AvgIpc) is 3.06. The number of hydrazine groups is 1. The van der Waals surface area contributed by atoms with Gasteiger partial charge in [-0.05, 0) is 42.7 Å². The maximum absolute atomic E-state index is 12.4. The zero-order valence-electron chi connectivity index (χ0n) is 12.8. The van der Waals surface area contributed by atoms with E-state index in [-0.39, 0.29) is 24.0 Å². The van der Waals surface area contributed by atoms with Crippen molar-refractivity contribution in [3.8, 4) is 0 Å². The first-order valence-corrected chi connectivity index (χ1v) is 8.39. The van der Waals surface area contributed by atoms with Crippen LogP contribution in [0.15, 0.2) is 53.3 Å². The van der Waals surface area contributed by atoms with E-state index in [0.717, 1.165) is 15.6 Å². The zero-order valence-corrected chi connectivity index (χ0v) is 14.4. The van der Waals surface area contributed by atoms with Crippen LogP contribution in [0.3, 0.4) is 0 Å². The molecule has 0 spiro atoms. The Kier molecular flexibility index (Phi) is 5.05. The van der Waals surface area contributed by atoms with Crippen molar-refractivity contribution in [2.24, 2.45) is 0 Å². The molecule has 2 aromatic rings. The van der Waals surface area contributed by atoms with E-state index in [0.29, 0.717) is 6.42 Å². The van der Waals surface area contributed by atoms with Gasteiger partial charge in [0.15, 0.2) is 0 Å². The van der Waals surface area contributed by atoms with E-state index in [1.165, 1.54) is 0 Å². The Morgan fingerprint density at radius 1 is 1.30 bits per heavy atom. The van der Waals surface area contributed by atoms with Crippen LogP contribution in [0.5, 0.6) is 0 Å². The van der Waals surface area contributed by atoms with Gasteiger partial charge in [0, 0.05) is 22.9 Å². The number of nitrogens with one attached hydrogen (secondary N) is 3. The first-order valence-electron chi connectivity index (χ1n) is 7.60. The van der Waals surface area contributed by atoms with Gasteiger partial charge < -0.3 is 5.32 Å². The van der Waals surface area contributed by atoms with Crippen LogP contribution in [-0.2, 0) is 4.79 Å². The molecule has 1 aliphatic heterocycles. The Morgan fingerprint density at radius 2 is 2.09 bits per heavy atom. The molecule has 1 aromatic heterocycles. The van der Waals surface area contributed by atoms with Gasteiger partial charge >= 0.3 is 0 Å². The van der Waals surface area contributed by atoms with Gasteiger partial charge in [0.1, 0.15) is 6.04 Å². The lowest BCUT2D eigenvalue weighted by Gasteiger charge is -2.17. The third-order valence-electron chi connectivity index (χ3n) is 4.04. The highest BCUT2D eigenvalue weighted by molar-refractivity contribution is 9.10. The number of amides is 1. The van der Waals surface area contributed by atoms with Crippen molar-refractivity contribution in [2.75, 3.05) is 0 Å². The molecule has 120 valence electrons. The molecule has 5 nitrogen and oxygen atoms in total. The van der Waals surface area contributed by atoms with E-state index in [4.69, 9.17) is 0 Å². The second-order valence-electron chi connectivity index (χ2n) is 5.70. The third kappa shape index (κ3) is 3.96. The lowest BCUT2D eigenvalue weighted by Crippen LogP contribution is -2.43. The molecule has 1 fully saturated rings. The number of halogens is 1. The van der Waals surface area contributed by atoms with Crippen LogP contribution in [0.4, 0.5) is 0 Å². The van der Waals surface area contributed by atoms with Crippen LogP contribution in [0.25, 0.3) is 0 Å². The van der Waals surface area contributed by atoms with Crippen molar-refractivity contribution < 1.29 is 4.79 Å². The van der Waals surface area contributed by atoms with Crippen molar-refractivity contribution in [2.45, 2.75) is 31.5 Å². The molecule has 0 bridgehead atoms. The minimum Gasteiger partial charge on any atom is -0.348 e. The Hall–Kier alpha value is -1.76. The number of hydrogen-bond donors (Lipinski definition) is 3. The summed E-state index contributed by atoms with van der Waals surface area (Å²) in [6.07, 6.45) is 4.21. The molecule has 1 saturated heterocycles. The van der Waals surface area contributed by atoms with Crippen molar-refractivity contribution in [1.29, 1.82) is 0 Å². The highest BCUT2D eigenvalue weighted by Gasteiger charge is 2.30. The number of pyridine rings is 1. The summed E-state index contributed by atoms with van der Waals surface area (Å²) in [5, 5.41) is 3.03. The van der Waals surface area contributed by atoms with Gasteiger partial charge in [-0.2, -0.15) is 0 Å². The minimum atomic E-state index is -0.247. The summed E-state index contributed by atoms with van der Waals surface area (Å²) in [5.41, 5.74) is 8.44. The number of rotatable bonds is 4. The first kappa shape index (κ1) is 16.1. The first-order chi connectivity index (χ1) is 11.1. The molecule has 1 aromatic carbocycles. The van der Waals surface area contributed by atoms with Crippen LogP contribution in [0.2, 0.25) is 0 Å². The molecule has 0 radical (unpaired) electrons. The molecule has 3 rings (SSSR count). The Labute approximate surface area is 144 Å². The highest BCUT2D eigenvalue weighted by Crippen LogP contribution is 2.24. The van der Waals surface area contributed by atoms with Crippen LogP contribution in [0, 0.1) is 0 Å². The fourth-order valence-corrected chi connectivity index (χ4v) is 2.94. The van der Waals surface area contributed by atoms with Crippen LogP contribution < -0.4 is 16.2 Å². The van der Waals surface area contributed by atoms with Gasteiger partial charge in [-0.3, -0.25) is 9.78 Å². The maximum Gasteiger partial charge on any atom is 0.239 e. The van der Waals surface area contributed by atoms with E-state index in [1.807, 2.05) is 31.2 Å². The largest absolute Gasteiger partial charge is 0.348 e. The Bertz CT molecular complexity index is 662. The van der Waals surface area contributed by atoms with Gasteiger partial charge in [0.25, 0.3) is 0 Å². The van der Waals surface area contributed by atoms with E-state index in [9.17, 15) is 4.79 Å². The summed E-state index contributed by atoms with van der Waals surface area (Å²) >= 11 is 3.43. The summed E-state index contributed by atoms with van der Waals surface area (Å²) in [6, 6.07) is 11.8.